The van der Waals surface area contributed by atoms with Gasteiger partial charge in [-0.25, -0.2) is 4.79 Å². The molecule has 108 valence electrons. The highest BCUT2D eigenvalue weighted by Crippen LogP contribution is 2.13. The Balaban J connectivity index is 2.12. The lowest BCUT2D eigenvalue weighted by Crippen LogP contribution is -2.20. The lowest BCUT2D eigenvalue weighted by molar-refractivity contribution is 0.0694. The van der Waals surface area contributed by atoms with Crippen LogP contribution < -0.4 is 0 Å². The fourth-order valence-electron chi connectivity index (χ4n) is 2.19. The SMILES string of the molecule is CN(Cc1cccc(C#N)c1)Cc1c(C(=O)O)cnn1C. The number of aryl methyl sites for hydroxylation is 1. The molecule has 0 saturated heterocycles. The van der Waals surface area contributed by atoms with E-state index in [4.69, 9.17) is 10.4 Å². The number of aromatic nitrogens is 2. The minimum absolute atomic E-state index is 0.218. The summed E-state index contributed by atoms with van der Waals surface area (Å²) >= 11 is 0. The van der Waals surface area contributed by atoms with Gasteiger partial charge in [0.1, 0.15) is 5.56 Å². The van der Waals surface area contributed by atoms with Crippen LogP contribution in [0.1, 0.15) is 27.2 Å². The summed E-state index contributed by atoms with van der Waals surface area (Å²) in [5, 5.41) is 22.0. The first-order chi connectivity index (χ1) is 10.0. The lowest BCUT2D eigenvalue weighted by atomic mass is 10.1. The molecule has 0 amide bonds. The molecule has 6 heteroatoms. The maximum Gasteiger partial charge on any atom is 0.339 e. The number of nitriles is 1. The van der Waals surface area contributed by atoms with Gasteiger partial charge in [0, 0.05) is 20.1 Å². The van der Waals surface area contributed by atoms with Crippen molar-refractivity contribution in [2.75, 3.05) is 7.05 Å². The van der Waals surface area contributed by atoms with Crippen LogP contribution in [0.4, 0.5) is 0 Å². The van der Waals surface area contributed by atoms with Crippen LogP contribution in [-0.2, 0) is 20.1 Å². The molecule has 0 radical (unpaired) electrons. The van der Waals surface area contributed by atoms with E-state index in [9.17, 15) is 4.79 Å². The third-order valence-electron chi connectivity index (χ3n) is 3.22. The van der Waals surface area contributed by atoms with Crippen LogP contribution in [0, 0.1) is 11.3 Å². The minimum Gasteiger partial charge on any atom is -0.478 e. The zero-order valence-electron chi connectivity index (χ0n) is 11.9. The van der Waals surface area contributed by atoms with Gasteiger partial charge in [-0.3, -0.25) is 9.58 Å². The average molecular weight is 284 g/mol. The highest BCUT2D eigenvalue weighted by atomic mass is 16.4. The Morgan fingerprint density at radius 1 is 1.48 bits per heavy atom. The zero-order chi connectivity index (χ0) is 15.4. The van der Waals surface area contributed by atoms with Crippen LogP contribution in [0.2, 0.25) is 0 Å². The second-order valence-corrected chi connectivity index (χ2v) is 4.92. The number of hydrogen-bond donors (Lipinski definition) is 1. The minimum atomic E-state index is -0.974. The van der Waals surface area contributed by atoms with Gasteiger partial charge in [-0.05, 0) is 24.7 Å². The van der Waals surface area contributed by atoms with Gasteiger partial charge in [-0.15, -0.1) is 0 Å². The number of hydrogen-bond acceptors (Lipinski definition) is 4. The molecule has 1 aromatic carbocycles. The second-order valence-electron chi connectivity index (χ2n) is 4.92. The highest BCUT2D eigenvalue weighted by Gasteiger charge is 2.16. The van der Waals surface area contributed by atoms with Gasteiger partial charge in [-0.2, -0.15) is 10.4 Å². The quantitative estimate of drug-likeness (QED) is 0.902. The summed E-state index contributed by atoms with van der Waals surface area (Å²) in [5.74, 6) is -0.974. The van der Waals surface area contributed by atoms with E-state index in [0.717, 1.165) is 5.56 Å². The molecule has 0 fully saturated rings. The Labute approximate surface area is 122 Å². The zero-order valence-corrected chi connectivity index (χ0v) is 11.9. The summed E-state index contributed by atoms with van der Waals surface area (Å²) in [4.78, 5) is 13.1. The molecule has 2 aromatic rings. The van der Waals surface area contributed by atoms with E-state index in [1.165, 1.54) is 6.20 Å². The molecule has 0 aliphatic carbocycles. The first-order valence-electron chi connectivity index (χ1n) is 6.43. The fraction of sp³-hybridized carbons (Fsp3) is 0.267. The predicted molar refractivity (Wildman–Crippen MR) is 76.5 cm³/mol. The van der Waals surface area contributed by atoms with Crippen molar-refractivity contribution in [3.63, 3.8) is 0 Å². The van der Waals surface area contributed by atoms with Crippen LogP contribution in [0.15, 0.2) is 30.5 Å². The average Bonchev–Trinajstić information content (AvgIpc) is 2.80. The Morgan fingerprint density at radius 2 is 2.24 bits per heavy atom. The largest absolute Gasteiger partial charge is 0.478 e. The summed E-state index contributed by atoms with van der Waals surface area (Å²) in [7, 11) is 3.63. The number of rotatable bonds is 5. The Morgan fingerprint density at radius 3 is 2.90 bits per heavy atom. The summed E-state index contributed by atoms with van der Waals surface area (Å²) in [6, 6.07) is 9.48. The van der Waals surface area contributed by atoms with Crippen molar-refractivity contribution in [2.45, 2.75) is 13.1 Å². The predicted octanol–water partition coefficient (Wildman–Crippen LogP) is 1.62. The molecule has 0 atom stereocenters. The normalized spacial score (nSPS) is 10.6. The van der Waals surface area contributed by atoms with Crippen LogP contribution in [0.3, 0.4) is 0 Å². The van der Waals surface area contributed by atoms with E-state index in [2.05, 4.69) is 11.2 Å². The highest BCUT2D eigenvalue weighted by molar-refractivity contribution is 5.88. The first-order valence-corrected chi connectivity index (χ1v) is 6.43. The maximum absolute atomic E-state index is 11.2. The van der Waals surface area contributed by atoms with Crippen molar-refractivity contribution in [2.24, 2.45) is 7.05 Å². The molecule has 0 saturated carbocycles. The van der Waals surface area contributed by atoms with E-state index >= 15 is 0 Å². The van der Waals surface area contributed by atoms with E-state index in [-0.39, 0.29) is 5.56 Å². The van der Waals surface area contributed by atoms with Crippen molar-refractivity contribution >= 4 is 5.97 Å². The monoisotopic (exact) mass is 284 g/mol. The Bertz CT molecular complexity index is 700. The molecule has 21 heavy (non-hydrogen) atoms. The standard InChI is InChI=1S/C15H16N4O2/c1-18(9-12-5-3-4-11(6-12)7-16)10-14-13(15(20)21)8-17-19(14)2/h3-6,8H,9-10H2,1-2H3,(H,20,21). The Kier molecular flexibility index (Phi) is 4.36. The molecule has 1 heterocycles. The number of nitrogens with zero attached hydrogens (tertiary/aromatic N) is 4. The summed E-state index contributed by atoms with van der Waals surface area (Å²) < 4.78 is 1.58. The third kappa shape index (κ3) is 3.46. The molecule has 1 N–H and O–H groups in total. The molecule has 6 nitrogen and oxygen atoms in total. The van der Waals surface area contributed by atoms with Crippen LogP contribution in [0.5, 0.6) is 0 Å². The molecular formula is C15H16N4O2. The molecular weight excluding hydrogens is 268 g/mol. The summed E-state index contributed by atoms with van der Waals surface area (Å²) in [5.41, 5.74) is 2.50. The summed E-state index contributed by atoms with van der Waals surface area (Å²) in [6.45, 7) is 1.09. The van der Waals surface area contributed by atoms with Gasteiger partial charge < -0.3 is 5.11 Å². The topological polar surface area (TPSA) is 82.2 Å². The maximum atomic E-state index is 11.2. The smallest absolute Gasteiger partial charge is 0.339 e. The number of benzene rings is 1. The van der Waals surface area contributed by atoms with E-state index in [1.54, 1.807) is 17.8 Å². The van der Waals surface area contributed by atoms with E-state index < -0.39 is 5.97 Å². The van der Waals surface area contributed by atoms with Crippen molar-refractivity contribution in [1.29, 1.82) is 5.26 Å². The van der Waals surface area contributed by atoms with Gasteiger partial charge in [0.25, 0.3) is 0 Å². The Hall–Kier alpha value is -2.65. The molecule has 0 aliphatic heterocycles. The second kappa shape index (κ2) is 6.20. The van der Waals surface area contributed by atoms with E-state index in [0.29, 0.717) is 24.3 Å². The number of carboxylic acids is 1. The van der Waals surface area contributed by atoms with Gasteiger partial charge in [0.15, 0.2) is 0 Å². The molecule has 1 aromatic heterocycles. The molecule has 2 rings (SSSR count). The van der Waals surface area contributed by atoms with E-state index in [1.807, 2.05) is 30.1 Å². The van der Waals surface area contributed by atoms with Crippen molar-refractivity contribution in [3.8, 4) is 6.07 Å². The lowest BCUT2D eigenvalue weighted by Gasteiger charge is -2.17. The van der Waals surface area contributed by atoms with Gasteiger partial charge in [-0.1, -0.05) is 12.1 Å². The summed E-state index contributed by atoms with van der Waals surface area (Å²) in [6.07, 6.45) is 1.36. The van der Waals surface area contributed by atoms with Crippen molar-refractivity contribution in [1.82, 2.24) is 14.7 Å². The number of carboxylic acid groups (broad SMARTS) is 1. The van der Waals surface area contributed by atoms with Crippen LogP contribution in [0.25, 0.3) is 0 Å². The third-order valence-corrected chi connectivity index (χ3v) is 3.22. The first kappa shape index (κ1) is 14.8. The number of aromatic carboxylic acids is 1. The molecule has 0 bridgehead atoms. The number of carbonyl (C=O) groups is 1. The molecule has 0 aliphatic rings. The molecule has 0 spiro atoms. The van der Waals surface area contributed by atoms with Crippen molar-refractivity contribution in [3.05, 3.63) is 52.8 Å². The van der Waals surface area contributed by atoms with Gasteiger partial charge in [0.2, 0.25) is 0 Å². The fourth-order valence-corrected chi connectivity index (χ4v) is 2.19. The van der Waals surface area contributed by atoms with Crippen LogP contribution >= 0.6 is 0 Å². The van der Waals surface area contributed by atoms with Crippen LogP contribution in [-0.4, -0.2) is 32.8 Å². The van der Waals surface area contributed by atoms with Gasteiger partial charge in [0.05, 0.1) is 23.5 Å². The molecule has 0 unspecified atom stereocenters. The van der Waals surface area contributed by atoms with Gasteiger partial charge >= 0.3 is 5.97 Å². The van der Waals surface area contributed by atoms with Crippen molar-refractivity contribution < 1.29 is 9.90 Å².